The van der Waals surface area contributed by atoms with Gasteiger partial charge in [-0.3, -0.25) is 4.79 Å². The van der Waals surface area contributed by atoms with E-state index in [1.807, 2.05) is 18.2 Å². The maximum absolute atomic E-state index is 12.6. The van der Waals surface area contributed by atoms with Gasteiger partial charge < -0.3 is 10.1 Å². The molecule has 1 atom stereocenters. The molecule has 6 heteroatoms. The van der Waals surface area contributed by atoms with E-state index in [-0.39, 0.29) is 12.0 Å². The Morgan fingerprint density at radius 3 is 2.38 bits per heavy atom. The molecule has 0 unspecified atom stereocenters. The number of rotatable bonds is 2. The van der Waals surface area contributed by atoms with Gasteiger partial charge in [0.1, 0.15) is 6.04 Å². The number of ether oxygens (including phenoxy) is 1. The van der Waals surface area contributed by atoms with Gasteiger partial charge in [0.2, 0.25) is 0 Å². The van der Waals surface area contributed by atoms with E-state index in [4.69, 9.17) is 4.74 Å². The van der Waals surface area contributed by atoms with Gasteiger partial charge in [-0.15, -0.1) is 0 Å². The van der Waals surface area contributed by atoms with Gasteiger partial charge >= 0.3 is 12.1 Å². The molecule has 2 aromatic carbocycles. The molecule has 3 rings (SSSR count). The van der Waals surface area contributed by atoms with Crippen LogP contribution in [0.4, 0.5) is 13.2 Å². The van der Waals surface area contributed by atoms with E-state index in [9.17, 15) is 18.0 Å². The average Bonchev–Trinajstić information content (AvgIpc) is 2.59. The van der Waals surface area contributed by atoms with Crippen LogP contribution in [0.25, 0.3) is 11.1 Å². The maximum Gasteiger partial charge on any atom is 0.416 e. The molecule has 1 aliphatic rings. The Bertz CT molecular complexity index is 754. The zero-order chi connectivity index (χ0) is 17.3. The smallest absolute Gasteiger partial charge is 0.416 e. The fraction of sp³-hybridized carbons (Fsp3) is 0.278. The molecule has 1 N–H and O–H groups in total. The zero-order valence-corrected chi connectivity index (χ0v) is 13.0. The molecule has 0 aliphatic carbocycles. The number of fused-ring (bicyclic) bond motifs is 1. The second-order valence-corrected chi connectivity index (χ2v) is 5.72. The highest BCUT2D eigenvalue weighted by Crippen LogP contribution is 2.32. The minimum absolute atomic E-state index is 0.299. The molecule has 1 aliphatic heterocycles. The molecule has 0 saturated carbocycles. The number of nitrogens with one attached hydrogen (secondary N) is 1. The van der Waals surface area contributed by atoms with Crippen molar-refractivity contribution in [3.05, 3.63) is 59.2 Å². The van der Waals surface area contributed by atoms with Crippen molar-refractivity contribution in [2.75, 3.05) is 7.11 Å². The normalized spacial score (nSPS) is 17.2. The lowest BCUT2D eigenvalue weighted by Gasteiger charge is -2.24. The summed E-state index contributed by atoms with van der Waals surface area (Å²) in [6.07, 6.45) is -3.80. The summed E-state index contributed by atoms with van der Waals surface area (Å²) >= 11 is 0. The first kappa shape index (κ1) is 16.5. The summed E-state index contributed by atoms with van der Waals surface area (Å²) < 4.78 is 42.6. The van der Waals surface area contributed by atoms with Crippen molar-refractivity contribution >= 4 is 5.97 Å². The number of halogens is 3. The number of alkyl halides is 3. The van der Waals surface area contributed by atoms with Crippen molar-refractivity contribution in [2.24, 2.45) is 0 Å². The predicted molar refractivity (Wildman–Crippen MR) is 83.2 cm³/mol. The molecule has 0 bridgehead atoms. The van der Waals surface area contributed by atoms with Crippen LogP contribution in [-0.2, 0) is 28.7 Å². The molecule has 24 heavy (non-hydrogen) atoms. The van der Waals surface area contributed by atoms with Crippen molar-refractivity contribution in [3.63, 3.8) is 0 Å². The molecule has 0 spiro atoms. The fourth-order valence-corrected chi connectivity index (χ4v) is 2.86. The summed E-state index contributed by atoms with van der Waals surface area (Å²) in [7, 11) is 1.35. The molecule has 0 amide bonds. The Morgan fingerprint density at radius 2 is 1.75 bits per heavy atom. The van der Waals surface area contributed by atoms with Crippen LogP contribution in [0.15, 0.2) is 42.5 Å². The highest BCUT2D eigenvalue weighted by atomic mass is 19.4. The Kier molecular flexibility index (Phi) is 4.32. The van der Waals surface area contributed by atoms with E-state index in [0.717, 1.165) is 34.4 Å². The van der Waals surface area contributed by atoms with Gasteiger partial charge in [0.05, 0.1) is 12.7 Å². The number of carbonyl (C=O) groups is 1. The van der Waals surface area contributed by atoms with Crippen molar-refractivity contribution in [1.82, 2.24) is 5.32 Å². The zero-order valence-electron chi connectivity index (χ0n) is 13.0. The molecular formula is C18H16F3NO2. The number of hydrogen-bond donors (Lipinski definition) is 1. The van der Waals surface area contributed by atoms with Crippen LogP contribution in [0, 0.1) is 0 Å². The first-order chi connectivity index (χ1) is 11.4. The van der Waals surface area contributed by atoms with Gasteiger partial charge in [0, 0.05) is 6.54 Å². The van der Waals surface area contributed by atoms with Crippen molar-refractivity contribution in [2.45, 2.75) is 25.2 Å². The molecular weight excluding hydrogens is 319 g/mol. The van der Waals surface area contributed by atoms with Gasteiger partial charge in [-0.1, -0.05) is 24.3 Å². The lowest BCUT2D eigenvalue weighted by molar-refractivity contribution is -0.143. The second kappa shape index (κ2) is 6.28. The molecule has 0 saturated heterocycles. The Labute approximate surface area is 137 Å². The molecule has 0 radical (unpaired) electrons. The highest BCUT2D eigenvalue weighted by Gasteiger charge is 2.30. The third-order valence-corrected chi connectivity index (χ3v) is 4.20. The maximum atomic E-state index is 12.6. The van der Waals surface area contributed by atoms with Gasteiger partial charge in [-0.05, 0) is 46.9 Å². The minimum atomic E-state index is -4.33. The van der Waals surface area contributed by atoms with Crippen molar-refractivity contribution < 1.29 is 22.7 Å². The first-order valence-electron chi connectivity index (χ1n) is 7.49. The quantitative estimate of drug-likeness (QED) is 0.853. The summed E-state index contributed by atoms with van der Waals surface area (Å²) in [5.41, 5.74) is 2.99. The van der Waals surface area contributed by atoms with E-state index in [1.165, 1.54) is 19.2 Å². The monoisotopic (exact) mass is 335 g/mol. The Morgan fingerprint density at radius 1 is 1.08 bits per heavy atom. The third-order valence-electron chi connectivity index (χ3n) is 4.20. The van der Waals surface area contributed by atoms with Crippen LogP contribution in [-0.4, -0.2) is 19.1 Å². The van der Waals surface area contributed by atoms with Crippen LogP contribution in [0.5, 0.6) is 0 Å². The molecule has 126 valence electrons. The summed E-state index contributed by atoms with van der Waals surface area (Å²) in [5, 5.41) is 3.11. The van der Waals surface area contributed by atoms with Crippen LogP contribution in [0.3, 0.4) is 0 Å². The summed E-state index contributed by atoms with van der Waals surface area (Å²) in [4.78, 5) is 11.6. The first-order valence-corrected chi connectivity index (χ1v) is 7.49. The minimum Gasteiger partial charge on any atom is -0.468 e. The predicted octanol–water partition coefficient (Wildman–Crippen LogP) is 3.56. The van der Waals surface area contributed by atoms with Gasteiger partial charge in [-0.2, -0.15) is 13.2 Å². The Balaban J connectivity index is 1.84. The van der Waals surface area contributed by atoms with E-state index in [1.54, 1.807) is 0 Å². The lowest BCUT2D eigenvalue weighted by Crippen LogP contribution is -2.42. The molecule has 0 fully saturated rings. The standard InChI is InChI=1S/C18H16F3NO2/c1-24-17(23)16-9-13-3-2-12(8-14(13)10-22-16)11-4-6-15(7-5-11)18(19,20)21/h2-8,16,22H,9-10H2,1H3/t16-/m0/s1. The summed E-state index contributed by atoms with van der Waals surface area (Å²) in [5.74, 6) is -0.299. The molecule has 2 aromatic rings. The van der Waals surface area contributed by atoms with E-state index >= 15 is 0 Å². The number of esters is 1. The van der Waals surface area contributed by atoms with E-state index < -0.39 is 11.7 Å². The van der Waals surface area contributed by atoms with Gasteiger partial charge in [0.25, 0.3) is 0 Å². The number of methoxy groups -OCH3 is 1. The SMILES string of the molecule is COC(=O)[C@@H]1Cc2ccc(-c3ccc(C(F)(F)F)cc3)cc2CN1. The number of benzene rings is 2. The van der Waals surface area contributed by atoms with Crippen LogP contribution in [0.2, 0.25) is 0 Å². The molecule has 0 aromatic heterocycles. The topological polar surface area (TPSA) is 38.3 Å². The second-order valence-electron chi connectivity index (χ2n) is 5.72. The van der Waals surface area contributed by atoms with E-state index in [2.05, 4.69) is 5.32 Å². The van der Waals surface area contributed by atoms with Crippen LogP contribution < -0.4 is 5.32 Å². The van der Waals surface area contributed by atoms with Crippen molar-refractivity contribution in [3.8, 4) is 11.1 Å². The van der Waals surface area contributed by atoms with Crippen LogP contribution >= 0.6 is 0 Å². The summed E-state index contributed by atoms with van der Waals surface area (Å²) in [6.45, 7) is 0.517. The fourth-order valence-electron chi connectivity index (χ4n) is 2.86. The molecule has 3 nitrogen and oxygen atoms in total. The number of hydrogen-bond acceptors (Lipinski definition) is 3. The summed E-state index contributed by atoms with van der Waals surface area (Å²) in [6, 6.07) is 10.5. The average molecular weight is 335 g/mol. The van der Waals surface area contributed by atoms with Gasteiger partial charge in [-0.25, -0.2) is 0 Å². The van der Waals surface area contributed by atoms with Crippen molar-refractivity contribution in [1.29, 1.82) is 0 Å². The number of carbonyl (C=O) groups excluding carboxylic acids is 1. The van der Waals surface area contributed by atoms with Gasteiger partial charge in [0.15, 0.2) is 0 Å². The lowest BCUT2D eigenvalue weighted by atomic mass is 9.92. The van der Waals surface area contributed by atoms with E-state index in [0.29, 0.717) is 13.0 Å². The molecule has 1 heterocycles. The largest absolute Gasteiger partial charge is 0.468 e. The van der Waals surface area contributed by atoms with Crippen LogP contribution in [0.1, 0.15) is 16.7 Å². The highest BCUT2D eigenvalue weighted by molar-refractivity contribution is 5.77. The Hall–Kier alpha value is -2.34. The third kappa shape index (κ3) is 3.28.